The number of halogens is 3. The van der Waals surface area contributed by atoms with E-state index >= 15 is 0 Å². The fourth-order valence-corrected chi connectivity index (χ4v) is 4.99. The van der Waals surface area contributed by atoms with Crippen molar-refractivity contribution in [3.05, 3.63) is 52.2 Å². The van der Waals surface area contributed by atoms with Crippen LogP contribution in [-0.2, 0) is 20.4 Å². The predicted octanol–water partition coefficient (Wildman–Crippen LogP) is 4.12. The van der Waals surface area contributed by atoms with Crippen LogP contribution in [0.2, 0.25) is 0 Å². The highest BCUT2D eigenvalue weighted by Crippen LogP contribution is 2.38. The smallest absolute Gasteiger partial charge is 0.423 e. The minimum atomic E-state index is -4.82. The number of hydrogen-bond donors (Lipinski definition) is 1. The molecule has 2 aromatic rings. The van der Waals surface area contributed by atoms with Crippen molar-refractivity contribution < 1.29 is 37.1 Å². The molecule has 1 saturated heterocycles. The molecule has 1 amide bonds. The van der Waals surface area contributed by atoms with Crippen molar-refractivity contribution in [2.75, 3.05) is 63.3 Å². The molecule has 0 unspecified atom stereocenters. The number of amides is 1. The number of nitrogens with zero attached hydrogens (tertiary/aromatic N) is 4. The first-order valence-electron chi connectivity index (χ1n) is 13.5. The Morgan fingerprint density at radius 3 is 2.49 bits per heavy atom. The lowest BCUT2D eigenvalue weighted by molar-refractivity contribution is -0.388. The summed E-state index contributed by atoms with van der Waals surface area (Å²) < 4.78 is 56.4. The number of rotatable bonds is 11. The Hall–Kier alpha value is -3.65. The van der Waals surface area contributed by atoms with Crippen LogP contribution < -0.4 is 15.0 Å². The number of carbonyl (C=O) groups excluding carboxylic acids is 1. The largest absolute Gasteiger partial charge is 0.490 e. The Morgan fingerprint density at radius 1 is 1.10 bits per heavy atom. The Bertz CT molecular complexity index is 1180. The monoisotopic (exact) mass is 581 g/mol. The van der Waals surface area contributed by atoms with E-state index in [1.54, 1.807) is 24.3 Å². The molecule has 1 aliphatic carbocycles. The summed E-state index contributed by atoms with van der Waals surface area (Å²) in [6, 6.07) is 6.59. The van der Waals surface area contributed by atoms with Gasteiger partial charge in [-0.25, -0.2) is 4.98 Å². The highest BCUT2D eigenvalue weighted by molar-refractivity contribution is 5.77. The highest BCUT2D eigenvalue weighted by atomic mass is 19.4. The number of ether oxygens (including phenoxy) is 3. The number of benzene rings is 1. The van der Waals surface area contributed by atoms with Crippen molar-refractivity contribution in [1.29, 1.82) is 0 Å². The van der Waals surface area contributed by atoms with Gasteiger partial charge in [0.2, 0.25) is 5.91 Å². The molecular weight excluding hydrogens is 547 g/mol. The van der Waals surface area contributed by atoms with Gasteiger partial charge in [0.05, 0.1) is 24.2 Å². The molecule has 1 aromatic carbocycles. The lowest BCUT2D eigenvalue weighted by Crippen LogP contribution is -2.50. The molecule has 0 bridgehead atoms. The minimum Gasteiger partial charge on any atom is -0.490 e. The number of nitrogens with one attached hydrogen (secondary N) is 1. The van der Waals surface area contributed by atoms with Gasteiger partial charge in [-0.15, -0.1) is 0 Å². The van der Waals surface area contributed by atoms with Gasteiger partial charge in [0, 0.05) is 63.3 Å². The molecule has 11 nitrogen and oxygen atoms in total. The molecule has 4 rings (SSSR count). The highest BCUT2D eigenvalue weighted by Gasteiger charge is 2.38. The molecule has 2 aliphatic rings. The maximum absolute atomic E-state index is 13.3. The second-order valence-electron chi connectivity index (χ2n) is 9.99. The quantitative estimate of drug-likeness (QED) is 0.237. The van der Waals surface area contributed by atoms with E-state index in [4.69, 9.17) is 14.2 Å². The van der Waals surface area contributed by atoms with Gasteiger partial charge in [-0.2, -0.15) is 13.2 Å². The number of pyridine rings is 1. The molecule has 2 fully saturated rings. The van der Waals surface area contributed by atoms with Gasteiger partial charge in [0.1, 0.15) is 23.7 Å². The maximum atomic E-state index is 13.3. The van der Waals surface area contributed by atoms with E-state index in [1.807, 2.05) is 6.07 Å². The standard InChI is InChI=1S/C27H34F3N5O6/c1-39-14-15-40-18-26(36)34-12-10-33(11-13-34)25-17-22(8-9-31-25)41-21-5-2-19(3-6-21)32-20-4-7-24(35(37)38)23(16-20)27(28,29)30/h4,7-9,16-17,19,21,32H,2-3,5-6,10-15,18H2,1H3. The van der Waals surface area contributed by atoms with Gasteiger partial charge < -0.3 is 29.3 Å². The fourth-order valence-electron chi connectivity index (χ4n) is 4.99. The molecule has 1 N–H and O–H groups in total. The van der Waals surface area contributed by atoms with Crippen LogP contribution >= 0.6 is 0 Å². The van der Waals surface area contributed by atoms with E-state index in [0.29, 0.717) is 70.8 Å². The van der Waals surface area contributed by atoms with Gasteiger partial charge in [0.25, 0.3) is 5.69 Å². The van der Waals surface area contributed by atoms with Crippen molar-refractivity contribution in [3.8, 4) is 5.75 Å². The average Bonchev–Trinajstić information content (AvgIpc) is 2.96. The number of nitro benzene ring substituents is 1. The number of piperazine rings is 1. The van der Waals surface area contributed by atoms with Crippen LogP contribution in [0, 0.1) is 10.1 Å². The summed E-state index contributed by atoms with van der Waals surface area (Å²) >= 11 is 0. The van der Waals surface area contributed by atoms with Crippen LogP contribution in [0.3, 0.4) is 0 Å². The molecule has 0 spiro atoms. The zero-order valence-electron chi connectivity index (χ0n) is 22.8. The summed E-state index contributed by atoms with van der Waals surface area (Å²) in [6.45, 7) is 3.25. The zero-order valence-corrected chi connectivity index (χ0v) is 22.8. The van der Waals surface area contributed by atoms with Crippen LogP contribution in [0.15, 0.2) is 36.5 Å². The first-order valence-corrected chi connectivity index (χ1v) is 13.5. The number of nitro groups is 1. The van der Waals surface area contributed by atoms with E-state index in [0.717, 1.165) is 18.0 Å². The van der Waals surface area contributed by atoms with Gasteiger partial charge in [0.15, 0.2) is 0 Å². The number of hydrogen-bond acceptors (Lipinski definition) is 9. The van der Waals surface area contributed by atoms with E-state index in [-0.39, 0.29) is 30.3 Å². The predicted molar refractivity (Wildman–Crippen MR) is 144 cm³/mol. The summed E-state index contributed by atoms with van der Waals surface area (Å²) in [4.78, 5) is 30.6. The van der Waals surface area contributed by atoms with E-state index < -0.39 is 22.4 Å². The summed E-state index contributed by atoms with van der Waals surface area (Å²) in [7, 11) is 1.58. The van der Waals surface area contributed by atoms with Gasteiger partial charge in [-0.1, -0.05) is 0 Å². The van der Waals surface area contributed by atoms with Crippen molar-refractivity contribution in [2.24, 2.45) is 0 Å². The molecule has 1 aromatic heterocycles. The first kappa shape index (κ1) is 30.3. The lowest BCUT2D eigenvalue weighted by atomic mass is 9.92. The minimum absolute atomic E-state index is 0.0329. The van der Waals surface area contributed by atoms with Crippen LogP contribution in [0.4, 0.5) is 30.4 Å². The van der Waals surface area contributed by atoms with Crippen LogP contribution in [-0.4, -0.2) is 86.0 Å². The summed E-state index contributed by atoms with van der Waals surface area (Å²) in [5.74, 6) is 1.40. The Balaban J connectivity index is 1.24. The fraction of sp³-hybridized carbons (Fsp3) is 0.556. The van der Waals surface area contributed by atoms with Crippen LogP contribution in [0.1, 0.15) is 31.2 Å². The van der Waals surface area contributed by atoms with E-state index in [2.05, 4.69) is 15.2 Å². The third kappa shape index (κ3) is 8.43. The normalized spacial score (nSPS) is 19.6. The number of aromatic nitrogens is 1. The number of carbonyl (C=O) groups is 1. The molecule has 2 heterocycles. The third-order valence-corrected chi connectivity index (χ3v) is 7.18. The van der Waals surface area contributed by atoms with Crippen molar-refractivity contribution in [3.63, 3.8) is 0 Å². The SMILES string of the molecule is COCCOCC(=O)N1CCN(c2cc(OC3CCC(Nc4ccc([N+](=O)[O-])c(C(F)(F)F)c4)CC3)ccn2)CC1. The molecule has 1 aliphatic heterocycles. The van der Waals surface area contributed by atoms with Crippen molar-refractivity contribution in [1.82, 2.24) is 9.88 Å². The lowest BCUT2D eigenvalue weighted by Gasteiger charge is -2.35. The Kier molecular flexibility index (Phi) is 10.2. The summed E-state index contributed by atoms with van der Waals surface area (Å²) in [6.07, 6.45) is -0.453. The molecule has 224 valence electrons. The Labute approximate surface area is 235 Å². The average molecular weight is 582 g/mol. The summed E-state index contributed by atoms with van der Waals surface area (Å²) in [5, 5.41) is 14.1. The molecule has 0 atom stereocenters. The second kappa shape index (κ2) is 13.8. The maximum Gasteiger partial charge on any atom is 0.423 e. The first-order chi connectivity index (χ1) is 19.6. The third-order valence-electron chi connectivity index (χ3n) is 7.18. The summed E-state index contributed by atoms with van der Waals surface area (Å²) in [5.41, 5.74) is -2.03. The number of methoxy groups -OCH3 is 1. The van der Waals surface area contributed by atoms with Crippen LogP contribution in [0.25, 0.3) is 0 Å². The zero-order chi connectivity index (χ0) is 29.4. The Morgan fingerprint density at radius 2 is 1.83 bits per heavy atom. The number of anilines is 2. The molecule has 0 radical (unpaired) electrons. The topological polar surface area (TPSA) is 119 Å². The molecule has 41 heavy (non-hydrogen) atoms. The second-order valence-corrected chi connectivity index (χ2v) is 9.99. The van der Waals surface area contributed by atoms with Crippen molar-refractivity contribution >= 4 is 23.1 Å². The molecular formula is C27H34F3N5O6. The van der Waals surface area contributed by atoms with Gasteiger partial charge in [-0.05, 0) is 43.9 Å². The van der Waals surface area contributed by atoms with Gasteiger partial charge >= 0.3 is 6.18 Å². The van der Waals surface area contributed by atoms with Crippen LogP contribution in [0.5, 0.6) is 5.75 Å². The number of alkyl halides is 3. The van der Waals surface area contributed by atoms with Gasteiger partial charge in [-0.3, -0.25) is 14.9 Å². The molecule has 14 heteroatoms. The molecule has 1 saturated carbocycles. The van der Waals surface area contributed by atoms with E-state index in [9.17, 15) is 28.1 Å². The van der Waals surface area contributed by atoms with Crippen molar-refractivity contribution in [2.45, 2.75) is 44.0 Å². The van der Waals surface area contributed by atoms with E-state index in [1.165, 1.54) is 6.07 Å².